The Morgan fingerprint density at radius 3 is 2.06 bits per heavy atom. The third kappa shape index (κ3) is 1.43. The zero-order valence-electron chi connectivity index (χ0n) is 10.4. The fourth-order valence-corrected chi connectivity index (χ4v) is 5.37. The Morgan fingerprint density at radius 1 is 0.941 bits per heavy atom. The van der Waals surface area contributed by atoms with Crippen LogP contribution >= 0.6 is 0 Å². The van der Waals surface area contributed by atoms with Crippen LogP contribution in [-0.4, -0.2) is 16.6 Å². The summed E-state index contributed by atoms with van der Waals surface area (Å²) in [5.41, 5.74) is 6.70. The molecule has 1 aliphatic heterocycles. The first-order valence-corrected chi connectivity index (χ1v) is 7.14. The predicted octanol–water partition coefficient (Wildman–Crippen LogP) is 2.63. The van der Waals surface area contributed by atoms with Gasteiger partial charge in [-0.1, -0.05) is 6.08 Å². The van der Waals surface area contributed by atoms with Gasteiger partial charge in [0.05, 0.1) is 6.17 Å². The summed E-state index contributed by atoms with van der Waals surface area (Å²) in [7, 11) is 0. The van der Waals surface area contributed by atoms with E-state index in [0.29, 0.717) is 5.54 Å². The molecule has 0 aromatic rings. The number of allylic oxidation sites excluding steroid dienone is 2. The maximum atomic E-state index is 6.29. The summed E-state index contributed by atoms with van der Waals surface area (Å²) in [6.07, 6.45) is 17.4. The quantitative estimate of drug-likeness (QED) is 0.750. The maximum Gasteiger partial charge on any atom is 0.0964 e. The highest BCUT2D eigenvalue weighted by atomic mass is 15.3. The second-order valence-corrected chi connectivity index (χ2v) is 6.77. The molecule has 92 valence electrons. The van der Waals surface area contributed by atoms with E-state index in [1.807, 2.05) is 0 Å². The molecular weight excluding hydrogens is 208 g/mol. The van der Waals surface area contributed by atoms with E-state index in [1.54, 1.807) is 0 Å². The minimum absolute atomic E-state index is 0.108. The molecule has 0 saturated heterocycles. The zero-order chi connectivity index (χ0) is 11.5. The van der Waals surface area contributed by atoms with Crippen molar-refractivity contribution < 1.29 is 0 Å². The Bertz CT molecular complexity index is 347. The SMILES string of the molecule is NC1C=CC=CN1C12CC3CC(CC(C3)C1)C2. The van der Waals surface area contributed by atoms with Gasteiger partial charge in [0.15, 0.2) is 0 Å². The highest BCUT2D eigenvalue weighted by Gasteiger charge is 2.53. The monoisotopic (exact) mass is 230 g/mol. The Labute approximate surface area is 104 Å². The lowest BCUT2D eigenvalue weighted by Crippen LogP contribution is -2.62. The van der Waals surface area contributed by atoms with Gasteiger partial charge in [-0.05, 0) is 68.4 Å². The molecule has 5 rings (SSSR count). The molecule has 0 radical (unpaired) electrons. The first-order chi connectivity index (χ1) is 8.25. The topological polar surface area (TPSA) is 29.3 Å². The summed E-state index contributed by atoms with van der Waals surface area (Å²) < 4.78 is 0. The normalized spacial score (nSPS) is 51.2. The lowest BCUT2D eigenvalue weighted by atomic mass is 9.52. The minimum Gasteiger partial charge on any atom is -0.353 e. The standard InChI is InChI=1S/C15H22N2/c16-14-3-1-2-4-17(14)15-8-11-5-12(9-15)7-13(6-11)10-15/h1-4,11-14H,5-10,16H2. The van der Waals surface area contributed by atoms with Crippen molar-refractivity contribution in [2.75, 3.05) is 0 Å². The highest BCUT2D eigenvalue weighted by molar-refractivity contribution is 5.18. The Balaban J connectivity index is 1.68. The first-order valence-electron chi connectivity index (χ1n) is 7.14. The summed E-state index contributed by atoms with van der Waals surface area (Å²) in [6.45, 7) is 0. The lowest BCUT2D eigenvalue weighted by Gasteiger charge is -2.61. The molecule has 2 N–H and O–H groups in total. The molecule has 4 saturated carbocycles. The van der Waals surface area contributed by atoms with Crippen molar-refractivity contribution in [3.63, 3.8) is 0 Å². The molecule has 0 aromatic heterocycles. The van der Waals surface area contributed by atoms with Crippen molar-refractivity contribution >= 4 is 0 Å². The fraction of sp³-hybridized carbons (Fsp3) is 0.733. The van der Waals surface area contributed by atoms with Crippen molar-refractivity contribution in [1.82, 2.24) is 4.90 Å². The summed E-state index contributed by atoms with van der Waals surface area (Å²) in [4.78, 5) is 2.48. The van der Waals surface area contributed by atoms with Crippen molar-refractivity contribution in [2.45, 2.75) is 50.2 Å². The molecule has 1 unspecified atom stereocenters. The summed E-state index contributed by atoms with van der Waals surface area (Å²) in [5.74, 6) is 2.98. The van der Waals surface area contributed by atoms with Crippen molar-refractivity contribution in [3.8, 4) is 0 Å². The van der Waals surface area contributed by atoms with Gasteiger partial charge in [0.2, 0.25) is 0 Å². The Hall–Kier alpha value is -0.760. The molecule has 1 atom stereocenters. The largest absolute Gasteiger partial charge is 0.353 e. The van der Waals surface area contributed by atoms with E-state index in [0.717, 1.165) is 17.8 Å². The van der Waals surface area contributed by atoms with Crippen LogP contribution in [0.5, 0.6) is 0 Å². The highest BCUT2D eigenvalue weighted by Crippen LogP contribution is 2.58. The van der Waals surface area contributed by atoms with Crippen LogP contribution in [0.15, 0.2) is 24.4 Å². The lowest BCUT2D eigenvalue weighted by molar-refractivity contribution is -0.0784. The first kappa shape index (κ1) is 10.2. The van der Waals surface area contributed by atoms with E-state index < -0.39 is 0 Å². The average molecular weight is 230 g/mol. The Kier molecular flexibility index (Phi) is 2.03. The number of nitrogens with two attached hydrogens (primary N) is 1. The third-order valence-electron chi connectivity index (χ3n) is 5.54. The third-order valence-corrected chi connectivity index (χ3v) is 5.54. The molecule has 2 heteroatoms. The summed E-state index contributed by atoms with van der Waals surface area (Å²) >= 11 is 0. The minimum atomic E-state index is 0.108. The van der Waals surface area contributed by atoms with Crippen LogP contribution in [0.25, 0.3) is 0 Å². The number of rotatable bonds is 1. The molecule has 5 aliphatic rings. The summed E-state index contributed by atoms with van der Waals surface area (Å²) in [5, 5.41) is 0. The van der Waals surface area contributed by atoms with Gasteiger partial charge in [-0.3, -0.25) is 0 Å². The van der Waals surface area contributed by atoms with Gasteiger partial charge in [0.25, 0.3) is 0 Å². The molecule has 0 amide bonds. The van der Waals surface area contributed by atoms with Gasteiger partial charge in [0, 0.05) is 11.7 Å². The van der Waals surface area contributed by atoms with Crippen LogP contribution in [-0.2, 0) is 0 Å². The molecule has 0 aromatic carbocycles. The van der Waals surface area contributed by atoms with Crippen LogP contribution in [0, 0.1) is 17.8 Å². The van der Waals surface area contributed by atoms with E-state index in [1.165, 1.54) is 38.5 Å². The van der Waals surface area contributed by atoms with Crippen LogP contribution in [0.1, 0.15) is 38.5 Å². The summed E-state index contributed by atoms with van der Waals surface area (Å²) in [6, 6.07) is 0. The maximum absolute atomic E-state index is 6.29. The van der Waals surface area contributed by atoms with Gasteiger partial charge in [-0.25, -0.2) is 0 Å². The van der Waals surface area contributed by atoms with Crippen molar-refractivity contribution in [1.29, 1.82) is 0 Å². The van der Waals surface area contributed by atoms with Gasteiger partial charge in [-0.15, -0.1) is 0 Å². The zero-order valence-corrected chi connectivity index (χ0v) is 10.4. The predicted molar refractivity (Wildman–Crippen MR) is 69.0 cm³/mol. The van der Waals surface area contributed by atoms with Gasteiger partial charge >= 0.3 is 0 Å². The van der Waals surface area contributed by atoms with Crippen LogP contribution in [0.4, 0.5) is 0 Å². The van der Waals surface area contributed by atoms with Crippen molar-refractivity contribution in [3.05, 3.63) is 24.4 Å². The second kappa shape index (κ2) is 3.38. The average Bonchev–Trinajstić information content (AvgIpc) is 2.27. The van der Waals surface area contributed by atoms with E-state index in [9.17, 15) is 0 Å². The molecule has 17 heavy (non-hydrogen) atoms. The number of hydrogen-bond donors (Lipinski definition) is 1. The van der Waals surface area contributed by atoms with Gasteiger partial charge in [-0.2, -0.15) is 0 Å². The molecular formula is C15H22N2. The Morgan fingerprint density at radius 2 is 1.53 bits per heavy atom. The molecule has 0 spiro atoms. The number of nitrogens with zero attached hydrogens (tertiary/aromatic N) is 1. The van der Waals surface area contributed by atoms with Gasteiger partial charge < -0.3 is 10.6 Å². The van der Waals surface area contributed by atoms with Gasteiger partial charge in [0.1, 0.15) is 0 Å². The molecule has 4 aliphatic carbocycles. The molecule has 4 bridgehead atoms. The van der Waals surface area contributed by atoms with Crippen LogP contribution in [0.2, 0.25) is 0 Å². The fourth-order valence-electron chi connectivity index (χ4n) is 5.37. The van der Waals surface area contributed by atoms with Crippen LogP contribution < -0.4 is 5.73 Å². The molecule has 4 fully saturated rings. The smallest absolute Gasteiger partial charge is 0.0964 e. The second-order valence-electron chi connectivity index (χ2n) is 6.77. The van der Waals surface area contributed by atoms with E-state index in [4.69, 9.17) is 5.73 Å². The van der Waals surface area contributed by atoms with E-state index in [2.05, 4.69) is 29.3 Å². The van der Waals surface area contributed by atoms with Crippen LogP contribution in [0.3, 0.4) is 0 Å². The molecule has 2 nitrogen and oxygen atoms in total. The molecule has 1 heterocycles. The number of hydrogen-bond acceptors (Lipinski definition) is 2. The van der Waals surface area contributed by atoms with E-state index >= 15 is 0 Å². The van der Waals surface area contributed by atoms with Crippen molar-refractivity contribution in [2.24, 2.45) is 23.5 Å². The van der Waals surface area contributed by atoms with E-state index in [-0.39, 0.29) is 6.17 Å².